The lowest BCUT2D eigenvalue weighted by atomic mass is 10.0. The number of benzene rings is 1. The Morgan fingerprint density at radius 3 is 2.68 bits per heavy atom. The lowest BCUT2D eigenvalue weighted by molar-refractivity contribution is -0.124. The van der Waals surface area contributed by atoms with Crippen molar-refractivity contribution in [1.82, 2.24) is 10.2 Å². The Kier molecular flexibility index (Phi) is 7.48. The van der Waals surface area contributed by atoms with E-state index in [-0.39, 0.29) is 42.1 Å². The number of amides is 1. The van der Waals surface area contributed by atoms with E-state index in [1.165, 1.54) is 0 Å². The maximum Gasteiger partial charge on any atom is 0.234 e. The predicted octanol–water partition coefficient (Wildman–Crippen LogP) is 2.31. The van der Waals surface area contributed by atoms with E-state index in [9.17, 15) is 13.2 Å². The van der Waals surface area contributed by atoms with Gasteiger partial charge in [0.25, 0.3) is 0 Å². The topological polar surface area (TPSA) is 75.7 Å². The zero-order chi connectivity index (χ0) is 20.0. The van der Waals surface area contributed by atoms with E-state index in [1.54, 1.807) is 0 Å². The SMILES string of the molecule is CCCC(NC(=O)CN(CC1CCCO1)C1CCS(=O)(=O)C1)c1ccccc1. The fraction of sp³-hybridized carbons (Fsp3) is 0.667. The Balaban J connectivity index is 1.65. The Hall–Kier alpha value is -1.44. The molecule has 2 aliphatic heterocycles. The third-order valence-corrected chi connectivity index (χ3v) is 7.40. The van der Waals surface area contributed by atoms with Crippen LogP contribution in [-0.2, 0) is 19.4 Å². The van der Waals surface area contributed by atoms with Gasteiger partial charge in [-0.2, -0.15) is 0 Å². The van der Waals surface area contributed by atoms with Crippen LogP contribution in [0.25, 0.3) is 0 Å². The molecule has 0 bridgehead atoms. The zero-order valence-electron chi connectivity index (χ0n) is 16.7. The molecule has 1 aromatic carbocycles. The summed E-state index contributed by atoms with van der Waals surface area (Å²) < 4.78 is 29.7. The van der Waals surface area contributed by atoms with Crippen molar-refractivity contribution in [2.24, 2.45) is 0 Å². The second-order valence-electron chi connectivity index (χ2n) is 7.94. The normalized spacial score (nSPS) is 25.1. The maximum atomic E-state index is 12.9. The van der Waals surface area contributed by atoms with Crippen molar-refractivity contribution in [3.8, 4) is 0 Å². The second-order valence-corrected chi connectivity index (χ2v) is 10.2. The smallest absolute Gasteiger partial charge is 0.234 e. The van der Waals surface area contributed by atoms with Crippen molar-refractivity contribution in [2.75, 3.05) is 31.2 Å². The monoisotopic (exact) mass is 408 g/mol. The molecule has 3 rings (SSSR count). The van der Waals surface area contributed by atoms with Crippen LogP contribution in [0.1, 0.15) is 50.6 Å². The summed E-state index contributed by atoms with van der Waals surface area (Å²) in [7, 11) is -3.00. The lowest BCUT2D eigenvalue weighted by Crippen LogP contribution is -2.47. The van der Waals surface area contributed by atoms with Crippen molar-refractivity contribution in [3.63, 3.8) is 0 Å². The number of ether oxygens (including phenoxy) is 1. The molecule has 3 unspecified atom stereocenters. The van der Waals surface area contributed by atoms with Crippen molar-refractivity contribution in [2.45, 2.75) is 57.2 Å². The molecule has 6 nitrogen and oxygen atoms in total. The third kappa shape index (κ3) is 6.03. The van der Waals surface area contributed by atoms with E-state index in [2.05, 4.69) is 12.2 Å². The first kappa shape index (κ1) is 21.3. The summed E-state index contributed by atoms with van der Waals surface area (Å²) in [6.07, 6.45) is 4.54. The minimum absolute atomic E-state index is 0.0180. The molecule has 0 aromatic heterocycles. The van der Waals surface area contributed by atoms with Gasteiger partial charge in [0, 0.05) is 19.2 Å². The van der Waals surface area contributed by atoms with Crippen LogP contribution in [0.4, 0.5) is 0 Å². The summed E-state index contributed by atoms with van der Waals surface area (Å²) in [6.45, 7) is 3.69. The van der Waals surface area contributed by atoms with Crippen LogP contribution >= 0.6 is 0 Å². The van der Waals surface area contributed by atoms with Crippen molar-refractivity contribution in [1.29, 1.82) is 0 Å². The van der Waals surface area contributed by atoms with E-state index < -0.39 is 9.84 Å². The van der Waals surface area contributed by atoms with Gasteiger partial charge in [-0.3, -0.25) is 9.69 Å². The summed E-state index contributed by atoms with van der Waals surface area (Å²) in [4.78, 5) is 14.9. The molecule has 3 atom stereocenters. The average Bonchev–Trinajstić information content (AvgIpc) is 3.30. The molecular weight excluding hydrogens is 376 g/mol. The van der Waals surface area contributed by atoms with Gasteiger partial charge in [0.1, 0.15) is 0 Å². The summed E-state index contributed by atoms with van der Waals surface area (Å²) >= 11 is 0. The maximum absolute atomic E-state index is 12.9. The highest BCUT2D eigenvalue weighted by Crippen LogP contribution is 2.22. The molecule has 2 fully saturated rings. The molecule has 1 aromatic rings. The largest absolute Gasteiger partial charge is 0.377 e. The highest BCUT2D eigenvalue weighted by atomic mass is 32.2. The summed E-state index contributed by atoms with van der Waals surface area (Å²) in [5, 5.41) is 3.16. The molecule has 28 heavy (non-hydrogen) atoms. The van der Waals surface area contributed by atoms with Crippen LogP contribution in [0.15, 0.2) is 30.3 Å². The number of hydrogen-bond donors (Lipinski definition) is 1. The molecule has 0 spiro atoms. The van der Waals surface area contributed by atoms with Gasteiger partial charge in [0.05, 0.1) is 30.2 Å². The molecule has 2 aliphatic rings. The first-order valence-corrected chi connectivity index (χ1v) is 12.2. The predicted molar refractivity (Wildman–Crippen MR) is 110 cm³/mol. The minimum atomic E-state index is -3.00. The summed E-state index contributed by atoms with van der Waals surface area (Å²) in [5.41, 5.74) is 1.10. The van der Waals surface area contributed by atoms with Crippen LogP contribution in [-0.4, -0.2) is 62.6 Å². The summed E-state index contributed by atoms with van der Waals surface area (Å²) in [6, 6.07) is 9.90. The Morgan fingerprint density at radius 1 is 1.29 bits per heavy atom. The number of carbonyl (C=O) groups is 1. The van der Waals surface area contributed by atoms with Gasteiger partial charge in [-0.1, -0.05) is 43.7 Å². The number of nitrogens with one attached hydrogen (secondary N) is 1. The van der Waals surface area contributed by atoms with E-state index in [4.69, 9.17) is 4.74 Å². The molecule has 0 saturated carbocycles. The van der Waals surface area contributed by atoms with Crippen molar-refractivity contribution in [3.05, 3.63) is 35.9 Å². The van der Waals surface area contributed by atoms with Gasteiger partial charge in [-0.25, -0.2) is 8.42 Å². The third-order valence-electron chi connectivity index (χ3n) is 5.65. The van der Waals surface area contributed by atoms with E-state index >= 15 is 0 Å². The highest BCUT2D eigenvalue weighted by Gasteiger charge is 2.35. The molecule has 2 heterocycles. The first-order chi connectivity index (χ1) is 13.5. The molecule has 1 N–H and O–H groups in total. The number of nitrogens with zero attached hydrogens (tertiary/aromatic N) is 1. The highest BCUT2D eigenvalue weighted by molar-refractivity contribution is 7.91. The molecule has 1 amide bonds. The number of sulfone groups is 1. The Morgan fingerprint density at radius 2 is 2.07 bits per heavy atom. The fourth-order valence-corrected chi connectivity index (χ4v) is 5.94. The quantitative estimate of drug-likeness (QED) is 0.679. The van der Waals surface area contributed by atoms with Crippen LogP contribution in [0, 0.1) is 0 Å². The molecule has 7 heteroatoms. The van der Waals surface area contributed by atoms with Gasteiger partial charge in [-0.05, 0) is 31.2 Å². The van der Waals surface area contributed by atoms with Crippen molar-refractivity contribution < 1.29 is 17.9 Å². The lowest BCUT2D eigenvalue weighted by Gasteiger charge is -2.30. The Labute approximate surface area is 168 Å². The van der Waals surface area contributed by atoms with Crippen LogP contribution in [0.2, 0.25) is 0 Å². The molecule has 0 radical (unpaired) electrons. The van der Waals surface area contributed by atoms with Gasteiger partial charge in [-0.15, -0.1) is 0 Å². The van der Waals surface area contributed by atoms with Gasteiger partial charge < -0.3 is 10.1 Å². The van der Waals surface area contributed by atoms with E-state index in [0.29, 0.717) is 13.0 Å². The number of rotatable bonds is 9. The standard InChI is InChI=1S/C21H32N2O4S/c1-2-7-20(17-8-4-3-5-9-17)22-21(24)15-23(14-19-10-6-12-27-19)18-11-13-28(25,26)16-18/h3-5,8-9,18-20H,2,6-7,10-16H2,1H3,(H,22,24). The van der Waals surface area contributed by atoms with E-state index in [0.717, 1.165) is 37.9 Å². The van der Waals surface area contributed by atoms with Crippen LogP contribution in [0.5, 0.6) is 0 Å². The second kappa shape index (κ2) is 9.85. The van der Waals surface area contributed by atoms with Crippen LogP contribution in [0.3, 0.4) is 0 Å². The van der Waals surface area contributed by atoms with Gasteiger partial charge >= 0.3 is 0 Å². The number of carbonyl (C=O) groups excluding carboxylic acids is 1. The fourth-order valence-electron chi connectivity index (χ4n) is 4.18. The minimum Gasteiger partial charge on any atom is -0.377 e. The zero-order valence-corrected chi connectivity index (χ0v) is 17.5. The molecule has 0 aliphatic carbocycles. The molecule has 2 saturated heterocycles. The summed E-state index contributed by atoms with van der Waals surface area (Å²) in [5.74, 6) is 0.304. The number of hydrogen-bond acceptors (Lipinski definition) is 5. The van der Waals surface area contributed by atoms with Gasteiger partial charge in [0.15, 0.2) is 9.84 Å². The van der Waals surface area contributed by atoms with Gasteiger partial charge in [0.2, 0.25) is 5.91 Å². The van der Waals surface area contributed by atoms with Crippen molar-refractivity contribution >= 4 is 15.7 Å². The molecule has 156 valence electrons. The van der Waals surface area contributed by atoms with Crippen LogP contribution < -0.4 is 5.32 Å². The average molecular weight is 409 g/mol. The molecular formula is C21H32N2O4S. The first-order valence-electron chi connectivity index (χ1n) is 10.4. The van der Waals surface area contributed by atoms with E-state index in [1.807, 2.05) is 35.2 Å². The Bertz CT molecular complexity index is 732.